The van der Waals surface area contributed by atoms with Gasteiger partial charge in [-0.15, -0.1) is 6.58 Å². The number of hydrogen-bond donors (Lipinski definition) is 0. The molecule has 1 amide bonds. The van der Waals surface area contributed by atoms with Crippen LogP contribution in [0.3, 0.4) is 0 Å². The summed E-state index contributed by atoms with van der Waals surface area (Å²) in [6.07, 6.45) is 1.72. The van der Waals surface area contributed by atoms with E-state index in [-0.39, 0.29) is 0 Å². The van der Waals surface area contributed by atoms with E-state index in [0.717, 1.165) is 10.2 Å². The first-order chi connectivity index (χ1) is 12.5. The Labute approximate surface area is 158 Å². The summed E-state index contributed by atoms with van der Waals surface area (Å²) in [6, 6.07) is 12.0. The van der Waals surface area contributed by atoms with Crippen LogP contribution < -0.4 is 4.80 Å². The molecule has 3 aromatic rings. The summed E-state index contributed by atoms with van der Waals surface area (Å²) in [5.74, 6) is -0.839. The maximum absolute atomic E-state index is 12.5. The van der Waals surface area contributed by atoms with Crippen molar-refractivity contribution >= 4 is 45.0 Å². The number of nitrogens with zero attached hydrogens (tertiary/aromatic N) is 2. The molecule has 0 aliphatic carbocycles. The van der Waals surface area contributed by atoms with Gasteiger partial charge in [0.15, 0.2) is 4.80 Å². The van der Waals surface area contributed by atoms with Crippen LogP contribution >= 0.6 is 22.9 Å². The Morgan fingerprint density at radius 3 is 2.77 bits per heavy atom. The lowest BCUT2D eigenvalue weighted by Crippen LogP contribution is -2.16. The van der Waals surface area contributed by atoms with Crippen molar-refractivity contribution in [1.82, 2.24) is 4.57 Å². The first-order valence-electron chi connectivity index (χ1n) is 7.71. The lowest BCUT2D eigenvalue weighted by Gasteiger charge is -2.02. The minimum absolute atomic E-state index is 0.340. The summed E-state index contributed by atoms with van der Waals surface area (Å²) in [6.45, 7) is 4.23. The molecule has 0 saturated heterocycles. The number of amides is 1. The number of thiazole rings is 1. The molecule has 0 aliphatic rings. The molecule has 5 nitrogen and oxygen atoms in total. The smallest absolute Gasteiger partial charge is 0.337 e. The zero-order valence-electron chi connectivity index (χ0n) is 13.9. The Kier molecular flexibility index (Phi) is 5.35. The molecule has 3 rings (SSSR count). The number of aromatic nitrogens is 1. The predicted molar refractivity (Wildman–Crippen MR) is 103 cm³/mol. The minimum Gasteiger partial charge on any atom is -0.465 e. The molecule has 7 heteroatoms. The normalized spacial score (nSPS) is 11.5. The van der Waals surface area contributed by atoms with E-state index in [1.165, 1.54) is 18.4 Å². The van der Waals surface area contributed by atoms with Gasteiger partial charge in [0, 0.05) is 6.54 Å². The average molecular weight is 387 g/mol. The highest BCUT2D eigenvalue weighted by atomic mass is 35.5. The number of rotatable bonds is 4. The Morgan fingerprint density at radius 1 is 1.31 bits per heavy atom. The van der Waals surface area contributed by atoms with Crippen molar-refractivity contribution in [3.05, 3.63) is 76.1 Å². The number of hydrogen-bond acceptors (Lipinski definition) is 4. The second kappa shape index (κ2) is 7.68. The Bertz CT molecular complexity index is 1080. The summed E-state index contributed by atoms with van der Waals surface area (Å²) in [5.41, 5.74) is 1.64. The highest BCUT2D eigenvalue weighted by molar-refractivity contribution is 7.16. The third kappa shape index (κ3) is 3.47. The topological polar surface area (TPSA) is 60.7 Å². The van der Waals surface area contributed by atoms with Crippen molar-refractivity contribution in [2.75, 3.05) is 7.11 Å². The number of benzene rings is 2. The Morgan fingerprint density at radius 2 is 2.08 bits per heavy atom. The highest BCUT2D eigenvalue weighted by Crippen LogP contribution is 2.21. The summed E-state index contributed by atoms with van der Waals surface area (Å²) in [4.78, 5) is 29.0. The summed E-state index contributed by atoms with van der Waals surface area (Å²) >= 11 is 7.40. The molecule has 0 saturated carbocycles. The quantitative estimate of drug-likeness (QED) is 0.501. The van der Waals surface area contributed by atoms with Gasteiger partial charge in [0.2, 0.25) is 0 Å². The first kappa shape index (κ1) is 18.1. The first-order valence-corrected chi connectivity index (χ1v) is 8.90. The van der Waals surface area contributed by atoms with E-state index < -0.39 is 11.9 Å². The van der Waals surface area contributed by atoms with Crippen LogP contribution in [-0.4, -0.2) is 23.6 Å². The lowest BCUT2D eigenvalue weighted by molar-refractivity contribution is 0.0601. The molecular weight excluding hydrogens is 372 g/mol. The van der Waals surface area contributed by atoms with Crippen LogP contribution in [0.2, 0.25) is 5.02 Å². The molecule has 0 radical (unpaired) electrons. The van der Waals surface area contributed by atoms with E-state index in [0.29, 0.717) is 27.5 Å². The van der Waals surface area contributed by atoms with Crippen LogP contribution in [0.25, 0.3) is 10.2 Å². The number of carbonyl (C=O) groups is 2. The second-order valence-electron chi connectivity index (χ2n) is 5.35. The standard InChI is InChI=1S/C19H15ClN2O3S/c1-3-10-22-15-9-8-12(18(24)25-2)11-16(15)26-19(22)21-17(23)13-6-4-5-7-14(13)20/h3-9,11H,1,10H2,2H3. The van der Waals surface area contributed by atoms with Gasteiger partial charge < -0.3 is 9.30 Å². The number of allylic oxidation sites excluding steroid dienone is 1. The van der Waals surface area contributed by atoms with E-state index in [4.69, 9.17) is 16.3 Å². The summed E-state index contributed by atoms with van der Waals surface area (Å²) in [5, 5.41) is 0.352. The zero-order chi connectivity index (χ0) is 18.7. The molecule has 2 aromatic carbocycles. The molecule has 0 unspecified atom stereocenters. The molecular formula is C19H15ClN2O3S. The molecule has 132 valence electrons. The van der Waals surface area contributed by atoms with Gasteiger partial charge in [0.25, 0.3) is 5.91 Å². The van der Waals surface area contributed by atoms with Gasteiger partial charge in [-0.25, -0.2) is 4.79 Å². The van der Waals surface area contributed by atoms with Crippen molar-refractivity contribution < 1.29 is 14.3 Å². The third-order valence-electron chi connectivity index (χ3n) is 3.72. The van der Waals surface area contributed by atoms with Crippen LogP contribution in [0.4, 0.5) is 0 Å². The molecule has 0 atom stereocenters. The molecule has 1 aromatic heterocycles. The molecule has 26 heavy (non-hydrogen) atoms. The van der Waals surface area contributed by atoms with Gasteiger partial charge >= 0.3 is 5.97 Å². The van der Waals surface area contributed by atoms with Crippen molar-refractivity contribution in [3.63, 3.8) is 0 Å². The number of halogens is 1. The van der Waals surface area contributed by atoms with Crippen LogP contribution in [0.1, 0.15) is 20.7 Å². The SMILES string of the molecule is C=CCn1c(=NC(=O)c2ccccc2Cl)sc2cc(C(=O)OC)ccc21. The number of carbonyl (C=O) groups excluding carboxylic acids is 2. The van der Waals surface area contributed by atoms with Gasteiger partial charge in [-0.1, -0.05) is 41.1 Å². The van der Waals surface area contributed by atoms with E-state index in [1.807, 2.05) is 4.57 Å². The Hall–Kier alpha value is -2.70. The fraction of sp³-hybridized carbons (Fsp3) is 0.105. The minimum atomic E-state index is -0.423. The van der Waals surface area contributed by atoms with Crippen LogP contribution in [0.15, 0.2) is 60.1 Å². The van der Waals surface area contributed by atoms with Crippen molar-refractivity contribution in [1.29, 1.82) is 0 Å². The fourth-order valence-corrected chi connectivity index (χ4v) is 3.78. The van der Waals surface area contributed by atoms with Crippen molar-refractivity contribution in [3.8, 4) is 0 Å². The number of methoxy groups -OCH3 is 1. The fourth-order valence-electron chi connectivity index (χ4n) is 2.49. The maximum atomic E-state index is 12.5. The zero-order valence-corrected chi connectivity index (χ0v) is 15.5. The molecule has 1 heterocycles. The summed E-state index contributed by atoms with van der Waals surface area (Å²) < 4.78 is 7.44. The largest absolute Gasteiger partial charge is 0.465 e. The molecule has 0 aliphatic heterocycles. The highest BCUT2D eigenvalue weighted by Gasteiger charge is 2.13. The summed E-state index contributed by atoms with van der Waals surface area (Å²) in [7, 11) is 1.34. The van der Waals surface area contributed by atoms with Gasteiger partial charge in [-0.05, 0) is 30.3 Å². The number of esters is 1. The van der Waals surface area contributed by atoms with E-state index >= 15 is 0 Å². The van der Waals surface area contributed by atoms with Gasteiger partial charge in [0.05, 0.1) is 33.5 Å². The van der Waals surface area contributed by atoms with Crippen LogP contribution in [0, 0.1) is 0 Å². The van der Waals surface area contributed by atoms with Crippen LogP contribution in [-0.2, 0) is 11.3 Å². The lowest BCUT2D eigenvalue weighted by atomic mass is 10.2. The molecule has 0 spiro atoms. The second-order valence-corrected chi connectivity index (χ2v) is 6.77. The van der Waals surface area contributed by atoms with E-state index in [2.05, 4.69) is 11.6 Å². The average Bonchev–Trinajstić information content (AvgIpc) is 2.98. The molecule has 0 fully saturated rings. The number of ether oxygens (including phenoxy) is 1. The van der Waals surface area contributed by atoms with Gasteiger partial charge in [-0.3, -0.25) is 4.79 Å². The van der Waals surface area contributed by atoms with Crippen molar-refractivity contribution in [2.24, 2.45) is 4.99 Å². The number of fused-ring (bicyclic) bond motifs is 1. The molecule has 0 bridgehead atoms. The molecule has 0 N–H and O–H groups in total. The third-order valence-corrected chi connectivity index (χ3v) is 5.09. The Balaban J connectivity index is 2.16. The van der Waals surface area contributed by atoms with E-state index in [9.17, 15) is 9.59 Å². The van der Waals surface area contributed by atoms with Gasteiger partial charge in [-0.2, -0.15) is 4.99 Å². The van der Waals surface area contributed by atoms with E-state index in [1.54, 1.807) is 48.5 Å². The monoisotopic (exact) mass is 386 g/mol. The van der Waals surface area contributed by atoms with Gasteiger partial charge in [0.1, 0.15) is 0 Å². The predicted octanol–water partition coefficient (Wildman–Crippen LogP) is 4.07. The maximum Gasteiger partial charge on any atom is 0.337 e. The van der Waals surface area contributed by atoms with Crippen LogP contribution in [0.5, 0.6) is 0 Å². The van der Waals surface area contributed by atoms with Crippen molar-refractivity contribution in [2.45, 2.75) is 6.54 Å².